The molecule has 0 aliphatic heterocycles. The van der Waals surface area contributed by atoms with Crippen LogP contribution in [-0.2, 0) is 19.4 Å². The van der Waals surface area contributed by atoms with Crippen LogP contribution in [0.5, 0.6) is 0 Å². The number of alkyl halides is 2. The summed E-state index contributed by atoms with van der Waals surface area (Å²) in [7, 11) is -7.75. The van der Waals surface area contributed by atoms with Gasteiger partial charge in [0.2, 0.25) is 8.32 Å². The standard InChI is InChI=1S/C5H9Cl2FO4SSi/c1-14(2,3)12-4(9)5(6,7)13(8,10)11/h1-3H3. The largest absolute Gasteiger partial charge is 0.517 e. The Balaban J connectivity index is 4.89. The van der Waals surface area contributed by atoms with E-state index in [9.17, 15) is 17.1 Å². The zero-order valence-electron chi connectivity index (χ0n) is 7.68. The van der Waals surface area contributed by atoms with Gasteiger partial charge in [0.15, 0.2) is 0 Å². The van der Waals surface area contributed by atoms with Crippen molar-refractivity contribution in [3.63, 3.8) is 0 Å². The van der Waals surface area contributed by atoms with Gasteiger partial charge in [-0.3, -0.25) is 0 Å². The highest BCUT2D eigenvalue weighted by molar-refractivity contribution is 7.91. The lowest BCUT2D eigenvalue weighted by Crippen LogP contribution is -2.41. The van der Waals surface area contributed by atoms with E-state index < -0.39 is 28.2 Å². The van der Waals surface area contributed by atoms with Crippen LogP contribution in [0, 0.1) is 0 Å². The van der Waals surface area contributed by atoms with E-state index in [1.54, 1.807) is 19.6 Å². The molecule has 0 aromatic heterocycles. The fourth-order valence-corrected chi connectivity index (χ4v) is 1.67. The van der Waals surface area contributed by atoms with Crippen LogP contribution in [0.1, 0.15) is 0 Å². The second-order valence-electron chi connectivity index (χ2n) is 3.46. The summed E-state index contributed by atoms with van der Waals surface area (Å²) in [5.74, 6) is -1.50. The summed E-state index contributed by atoms with van der Waals surface area (Å²) in [6.45, 7) is 4.79. The molecule has 84 valence electrons. The van der Waals surface area contributed by atoms with Gasteiger partial charge in [0.05, 0.1) is 0 Å². The van der Waals surface area contributed by atoms with Crippen molar-refractivity contribution in [2.24, 2.45) is 0 Å². The van der Waals surface area contributed by atoms with E-state index in [1.165, 1.54) is 0 Å². The van der Waals surface area contributed by atoms with Crippen LogP contribution in [0.15, 0.2) is 0 Å². The molecule has 4 nitrogen and oxygen atoms in total. The van der Waals surface area contributed by atoms with Gasteiger partial charge in [-0.2, -0.15) is 8.42 Å². The van der Waals surface area contributed by atoms with E-state index in [2.05, 4.69) is 4.43 Å². The molecular formula is C5H9Cl2FO4SSi. The summed E-state index contributed by atoms with van der Waals surface area (Å²) < 4.78 is 34.6. The molecule has 14 heavy (non-hydrogen) atoms. The molecule has 0 fully saturated rings. The monoisotopic (exact) mass is 282 g/mol. The Labute approximate surface area is 92.7 Å². The average Bonchev–Trinajstić information content (AvgIpc) is 1.80. The summed E-state index contributed by atoms with van der Waals surface area (Å²) in [4.78, 5) is 11.1. The van der Waals surface area contributed by atoms with Crippen molar-refractivity contribution in [2.45, 2.75) is 23.3 Å². The SMILES string of the molecule is C[Si](C)(C)OC(=O)C(Cl)(Cl)S(=O)(=O)F. The first-order chi connectivity index (χ1) is 5.88. The second-order valence-corrected chi connectivity index (χ2v) is 11.1. The van der Waals surface area contributed by atoms with Crippen molar-refractivity contribution in [3.05, 3.63) is 0 Å². The third kappa shape index (κ3) is 3.72. The number of rotatable bonds is 3. The molecule has 0 N–H and O–H groups in total. The lowest BCUT2D eigenvalue weighted by Gasteiger charge is -2.21. The fraction of sp³-hybridized carbons (Fsp3) is 0.800. The van der Waals surface area contributed by atoms with E-state index in [4.69, 9.17) is 23.2 Å². The number of carbonyl (C=O) groups is 1. The topological polar surface area (TPSA) is 60.4 Å². The molecular weight excluding hydrogens is 274 g/mol. The van der Waals surface area contributed by atoms with E-state index in [0.717, 1.165) is 0 Å². The highest BCUT2D eigenvalue weighted by atomic mass is 35.5. The minimum atomic E-state index is -5.40. The van der Waals surface area contributed by atoms with E-state index in [0.29, 0.717) is 0 Å². The summed E-state index contributed by atoms with van der Waals surface area (Å²) in [5.41, 5.74) is 0. The Morgan fingerprint density at radius 2 is 1.71 bits per heavy atom. The summed E-state index contributed by atoms with van der Waals surface area (Å²) >= 11 is 10.0. The van der Waals surface area contributed by atoms with Gasteiger partial charge in [-0.1, -0.05) is 23.2 Å². The maximum absolute atomic E-state index is 12.4. The zero-order chi connectivity index (χ0) is 11.8. The number of carbonyl (C=O) groups excluding carboxylic acids is 1. The van der Waals surface area contributed by atoms with Crippen molar-refractivity contribution < 1.29 is 21.5 Å². The number of halogens is 3. The van der Waals surface area contributed by atoms with Crippen LogP contribution in [0.25, 0.3) is 0 Å². The van der Waals surface area contributed by atoms with Gasteiger partial charge in [-0.15, -0.1) is 3.89 Å². The molecule has 0 aromatic carbocycles. The quantitative estimate of drug-likeness (QED) is 0.450. The van der Waals surface area contributed by atoms with Crippen LogP contribution in [0.3, 0.4) is 0 Å². The first-order valence-corrected chi connectivity index (χ1v) is 8.98. The minimum Gasteiger partial charge on any atom is -0.517 e. The third-order valence-corrected chi connectivity index (χ3v) is 3.93. The van der Waals surface area contributed by atoms with Crippen LogP contribution in [0.2, 0.25) is 19.6 Å². The molecule has 0 spiro atoms. The van der Waals surface area contributed by atoms with Crippen LogP contribution >= 0.6 is 23.2 Å². The Bertz CT molecular complexity index is 334. The van der Waals surface area contributed by atoms with Gasteiger partial charge >= 0.3 is 19.9 Å². The normalized spacial score (nSPS) is 13.9. The molecule has 0 unspecified atom stereocenters. The van der Waals surface area contributed by atoms with E-state index in [1.807, 2.05) is 0 Å². The van der Waals surface area contributed by atoms with Gasteiger partial charge in [0.1, 0.15) is 0 Å². The first kappa shape index (κ1) is 14.1. The Morgan fingerprint density at radius 1 is 1.36 bits per heavy atom. The molecule has 0 aliphatic carbocycles. The molecule has 0 heterocycles. The minimum absolute atomic E-state index is 1.50. The van der Waals surface area contributed by atoms with Crippen molar-refractivity contribution >= 4 is 47.7 Å². The molecule has 0 amide bonds. The number of hydrogen-bond donors (Lipinski definition) is 0. The number of hydrogen-bond acceptors (Lipinski definition) is 4. The van der Waals surface area contributed by atoms with Crippen LogP contribution < -0.4 is 0 Å². The van der Waals surface area contributed by atoms with Crippen LogP contribution in [-0.4, -0.2) is 26.4 Å². The average molecular weight is 283 g/mol. The molecule has 0 saturated carbocycles. The van der Waals surface area contributed by atoms with Gasteiger partial charge in [-0.25, -0.2) is 4.79 Å². The molecule has 0 aromatic rings. The molecule has 0 aliphatic rings. The van der Waals surface area contributed by atoms with Crippen molar-refractivity contribution in [1.29, 1.82) is 0 Å². The van der Waals surface area contributed by atoms with Crippen molar-refractivity contribution in [1.82, 2.24) is 0 Å². The molecule has 0 radical (unpaired) electrons. The highest BCUT2D eigenvalue weighted by Crippen LogP contribution is 2.32. The van der Waals surface area contributed by atoms with Crippen molar-refractivity contribution in [2.75, 3.05) is 0 Å². The Kier molecular flexibility index (Phi) is 4.00. The molecule has 0 atom stereocenters. The van der Waals surface area contributed by atoms with Crippen molar-refractivity contribution in [3.8, 4) is 0 Å². The van der Waals surface area contributed by atoms with E-state index in [-0.39, 0.29) is 0 Å². The van der Waals surface area contributed by atoms with Crippen LogP contribution in [0.4, 0.5) is 3.89 Å². The third-order valence-electron chi connectivity index (χ3n) is 0.943. The Hall–Kier alpha value is 0.147. The fourth-order valence-electron chi connectivity index (χ4n) is 0.437. The smallest absolute Gasteiger partial charge is 0.348 e. The summed E-state index contributed by atoms with van der Waals surface area (Å²) in [6, 6.07) is 0. The summed E-state index contributed by atoms with van der Waals surface area (Å²) in [6.07, 6.45) is 0. The van der Waals surface area contributed by atoms with Gasteiger partial charge < -0.3 is 4.43 Å². The Morgan fingerprint density at radius 3 is 1.93 bits per heavy atom. The van der Waals surface area contributed by atoms with Gasteiger partial charge in [-0.05, 0) is 19.6 Å². The first-order valence-electron chi connectivity index (χ1n) is 3.43. The molecule has 0 saturated heterocycles. The molecule has 0 rings (SSSR count). The van der Waals surface area contributed by atoms with Gasteiger partial charge in [0, 0.05) is 0 Å². The predicted octanol–water partition coefficient (Wildman–Crippen LogP) is 1.80. The summed E-state index contributed by atoms with van der Waals surface area (Å²) in [5, 5.41) is 0. The lowest BCUT2D eigenvalue weighted by atomic mass is 10.8. The van der Waals surface area contributed by atoms with Gasteiger partial charge in [0.25, 0.3) is 0 Å². The predicted molar refractivity (Wildman–Crippen MR) is 53.9 cm³/mol. The second kappa shape index (κ2) is 3.95. The highest BCUT2D eigenvalue weighted by Gasteiger charge is 2.51. The molecule has 0 bridgehead atoms. The molecule has 9 heteroatoms. The maximum atomic E-state index is 12.4. The lowest BCUT2D eigenvalue weighted by molar-refractivity contribution is -0.134. The maximum Gasteiger partial charge on any atom is 0.348 e. The zero-order valence-corrected chi connectivity index (χ0v) is 11.0. The van der Waals surface area contributed by atoms with E-state index >= 15 is 0 Å².